The number of amides is 1. The van der Waals surface area contributed by atoms with Crippen molar-refractivity contribution in [3.05, 3.63) is 255 Å². The molecule has 91 heavy (non-hydrogen) atoms. The van der Waals surface area contributed by atoms with Gasteiger partial charge in [-0.25, -0.2) is 0 Å². The maximum atomic E-state index is 11.9. The Morgan fingerprint density at radius 2 is 1.11 bits per heavy atom. The summed E-state index contributed by atoms with van der Waals surface area (Å²) in [6, 6.07) is 53.8. The van der Waals surface area contributed by atoms with Crippen molar-refractivity contribution >= 4 is 98.8 Å². The monoisotopic (exact) mass is 1210 g/mol. The third-order valence-corrected chi connectivity index (χ3v) is 15.7. The van der Waals surface area contributed by atoms with E-state index in [1.165, 1.54) is 39.0 Å². The molecule has 462 valence electrons. The molecule has 0 radical (unpaired) electrons. The minimum Gasteiger partial charge on any atom is -0.480 e. The van der Waals surface area contributed by atoms with Gasteiger partial charge < -0.3 is 27.0 Å². The van der Waals surface area contributed by atoms with Gasteiger partial charge in [-0.05, 0) is 151 Å². The number of fused-ring (bicyclic) bond motifs is 7. The first-order valence-electron chi connectivity index (χ1n) is 30.3. The van der Waals surface area contributed by atoms with E-state index in [1.54, 1.807) is 37.4 Å². The van der Waals surface area contributed by atoms with Crippen molar-refractivity contribution in [2.75, 3.05) is 13.1 Å². The Hall–Kier alpha value is -10.3. The summed E-state index contributed by atoms with van der Waals surface area (Å²) >= 11 is 0. The van der Waals surface area contributed by atoms with Gasteiger partial charge in [-0.2, -0.15) is 0 Å². The number of nitrogens with one attached hydrogen (secondary N) is 1. The van der Waals surface area contributed by atoms with E-state index in [2.05, 4.69) is 105 Å². The number of aldehydes is 1. The fourth-order valence-electron chi connectivity index (χ4n) is 10.8. The van der Waals surface area contributed by atoms with Gasteiger partial charge in [-0.15, -0.1) is 0 Å². The third-order valence-electron chi connectivity index (χ3n) is 15.7. The molecule has 1 amide bonds. The molecule has 7 aromatic rings. The second-order valence-electron chi connectivity index (χ2n) is 22.1. The van der Waals surface area contributed by atoms with Crippen LogP contribution in [0.25, 0.3) is 22.8 Å². The molecule has 15 heteroatoms. The number of aliphatic hydroxyl groups is 1. The Kier molecular flexibility index (Phi) is 24.4. The zero-order valence-electron chi connectivity index (χ0n) is 51.1. The fourth-order valence-corrected chi connectivity index (χ4v) is 10.8. The maximum Gasteiger partial charge on any atom is 0.320 e. The highest BCUT2D eigenvalue weighted by Crippen LogP contribution is 2.31. The lowest BCUT2D eigenvalue weighted by molar-refractivity contribution is -0.138. The Labute approximate surface area is 530 Å². The Morgan fingerprint density at radius 3 is 1.73 bits per heavy atom. The normalized spacial score (nSPS) is 15.2. The molecule has 0 aromatic heterocycles. The molecule has 0 bridgehead atoms. The number of aliphatic carboxylic acids is 1. The van der Waals surface area contributed by atoms with E-state index in [0.29, 0.717) is 74.0 Å². The number of para-hydroxylation sites is 3. The molecule has 2 unspecified atom stereocenters. The number of hydrogen-bond donors (Lipinski definition) is 5. The summed E-state index contributed by atoms with van der Waals surface area (Å²) in [5.74, 6) is -1.32. The number of carbonyl (C=O) groups excluding carboxylic acids is 6. The van der Waals surface area contributed by atoms with Gasteiger partial charge in [0.25, 0.3) is 0 Å². The van der Waals surface area contributed by atoms with Crippen LogP contribution in [0.5, 0.6) is 0 Å². The first kappa shape index (κ1) is 66.6. The van der Waals surface area contributed by atoms with Crippen LogP contribution in [0.1, 0.15) is 128 Å². The van der Waals surface area contributed by atoms with Gasteiger partial charge >= 0.3 is 5.97 Å². The number of Topliss-reactive ketones (excluding diaryl/α,β-unsaturated/α-hetero) is 4. The number of carboxylic acid groups (broad SMARTS) is 1. The van der Waals surface area contributed by atoms with Crippen LogP contribution in [0.3, 0.4) is 0 Å². The van der Waals surface area contributed by atoms with E-state index in [1.807, 2.05) is 97.9 Å². The van der Waals surface area contributed by atoms with Crippen molar-refractivity contribution in [2.45, 2.75) is 90.2 Å². The number of ketones is 4. The average molecular weight is 1220 g/mol. The molecule has 2 atom stereocenters. The van der Waals surface area contributed by atoms with Gasteiger partial charge in [0.15, 0.2) is 29.7 Å². The highest BCUT2D eigenvalue weighted by atomic mass is 16.4. The van der Waals surface area contributed by atoms with Crippen LogP contribution < -0.4 is 16.8 Å². The minimum atomic E-state index is -1.06. The summed E-state index contributed by atoms with van der Waals surface area (Å²) in [4.78, 5) is 90.6. The van der Waals surface area contributed by atoms with Gasteiger partial charge in [0.2, 0.25) is 11.7 Å². The molecule has 3 aliphatic heterocycles. The number of hydrogen-bond acceptors (Lipinski definition) is 13. The molecule has 3 heterocycles. The predicted octanol–water partition coefficient (Wildman–Crippen LogP) is 12.6. The molecule has 7 aliphatic rings. The molecule has 7 N–H and O–H groups in total. The second kappa shape index (κ2) is 33.3. The van der Waals surface area contributed by atoms with E-state index in [4.69, 9.17) is 16.6 Å². The number of aliphatic hydroxyl groups excluding tert-OH is 1. The van der Waals surface area contributed by atoms with E-state index in [-0.39, 0.29) is 23.3 Å². The van der Waals surface area contributed by atoms with E-state index >= 15 is 0 Å². The highest BCUT2D eigenvalue weighted by molar-refractivity contribution is 6.46. The zero-order valence-corrected chi connectivity index (χ0v) is 51.1. The second-order valence-corrected chi connectivity index (χ2v) is 22.1. The van der Waals surface area contributed by atoms with E-state index < -0.39 is 23.9 Å². The fraction of sp³-hybridized carbons (Fsp3) is 0.211. The molecule has 0 fully saturated rings. The molecule has 15 nitrogen and oxygen atoms in total. The first-order chi connectivity index (χ1) is 44.1. The van der Waals surface area contributed by atoms with Crippen molar-refractivity contribution < 1.29 is 43.8 Å². The molecule has 14 rings (SSSR count). The van der Waals surface area contributed by atoms with Gasteiger partial charge in [0.05, 0.1) is 29.2 Å². The molecule has 4 aliphatic carbocycles. The van der Waals surface area contributed by atoms with Crippen LogP contribution in [0.15, 0.2) is 209 Å². The number of unbranched alkanes of at least 4 members (excludes halogenated alkanes) is 1. The third kappa shape index (κ3) is 18.4. The number of allylic oxidation sites excluding steroid dienone is 5. The lowest BCUT2D eigenvalue weighted by Crippen LogP contribution is -2.30. The van der Waals surface area contributed by atoms with Crippen LogP contribution in [-0.4, -0.2) is 94.4 Å². The molecule has 0 saturated carbocycles. The van der Waals surface area contributed by atoms with Crippen molar-refractivity contribution in [3.63, 3.8) is 0 Å². The Bertz CT molecular complexity index is 4070. The van der Waals surface area contributed by atoms with Crippen LogP contribution in [0, 0.1) is 0 Å². The summed E-state index contributed by atoms with van der Waals surface area (Å²) in [6.45, 7) is 4.75. The minimum absolute atomic E-state index is 0.00508. The highest BCUT2D eigenvalue weighted by Gasteiger charge is 2.27. The number of nitrogens with two attached hydrogens (primary N) is 2. The molecule has 0 spiro atoms. The smallest absolute Gasteiger partial charge is 0.320 e. The van der Waals surface area contributed by atoms with Crippen molar-refractivity contribution in [2.24, 2.45) is 26.4 Å². The van der Waals surface area contributed by atoms with Crippen LogP contribution in [0.2, 0.25) is 0 Å². The number of carbonyl (C=O) groups is 7. The number of carboxylic acids is 1. The quantitative estimate of drug-likeness (QED) is 0.0462. The summed E-state index contributed by atoms with van der Waals surface area (Å²) in [6.07, 6.45) is 18.5. The molecular formula is C76H74N6O9. The predicted molar refractivity (Wildman–Crippen MR) is 362 cm³/mol. The average Bonchev–Trinajstić information content (AvgIpc) is 2.55. The van der Waals surface area contributed by atoms with E-state index in [9.17, 15) is 38.7 Å². The van der Waals surface area contributed by atoms with Gasteiger partial charge in [0, 0.05) is 60.1 Å². The van der Waals surface area contributed by atoms with Gasteiger partial charge in [-0.1, -0.05) is 164 Å². The van der Waals surface area contributed by atoms with Gasteiger partial charge in [0.1, 0.15) is 6.04 Å². The summed E-state index contributed by atoms with van der Waals surface area (Å²) < 4.78 is 0. The molecule has 7 aromatic carbocycles. The lowest BCUT2D eigenvalue weighted by atomic mass is 9.98. The van der Waals surface area contributed by atoms with E-state index in [0.717, 1.165) is 77.0 Å². The maximum absolute atomic E-state index is 11.9. The summed E-state index contributed by atoms with van der Waals surface area (Å²) in [5.41, 5.74) is 29.6. The van der Waals surface area contributed by atoms with Crippen LogP contribution in [0.4, 0.5) is 17.1 Å². The Morgan fingerprint density at radius 1 is 0.593 bits per heavy atom. The SMILES string of the molecule is C1=Cc2ccccc2C1.CC1=Nc2ccccc2C(=O)C1.CC1=Nc2ccccc2C(=O)C1O.NC(CCCCNC(=O)CC1=CCc2ccccc21)C(=O)O.NCC1=CCc2ccccc21.O=C1CC=Nc2ccccc21.O=CC(=O)C1=CCc2ccccc21. The van der Waals surface area contributed by atoms with Crippen LogP contribution in [-0.2, 0) is 44.9 Å². The largest absolute Gasteiger partial charge is 0.480 e. The zero-order chi connectivity index (χ0) is 64.7. The lowest BCUT2D eigenvalue weighted by Gasteiger charge is -2.16. The van der Waals surface area contributed by atoms with Crippen LogP contribution >= 0.6 is 0 Å². The summed E-state index contributed by atoms with van der Waals surface area (Å²) in [7, 11) is 0. The molecular weight excluding hydrogens is 1140 g/mol. The first-order valence-corrected chi connectivity index (χ1v) is 30.3. The standard InChI is InChI=1S/C17H22N2O3.C11H8O2.C10H9NO2.C10H9NO.C10H11N.C9H7NO.C9H8/c18-15(17(21)22)7-3-4-10-19-16(20)11-13-9-8-12-5-1-2-6-14(12)13;12-7-11(13)10-6-5-8-3-1-2-4-9(8)10;1-6-9(12)10(13)7-4-2-3-5-8(7)11-6;1-7-6-10(12)8-4-2-3-5-9(8)11-7;11-7-9-6-5-8-3-1-2-4-10(8)9;11-9-5-6-10-8-4-2-1-3-7(8)9;1-2-5-9-7-3-6-8(9)4-1/h1-2,5-6,9,15H,3-4,7-8,10-11,18H2,(H,19,20)(H,21,22);1-4,6-7H,5H2;2-5,9,12H,1H3;2-5H,6H2,1H3;1-4,6H,5,7,11H2;1-4,6H,5H2;1-6H,7H2. The topological polar surface area (TPSA) is 261 Å². The summed E-state index contributed by atoms with van der Waals surface area (Å²) in [5, 5.41) is 21.0. The Balaban J connectivity index is 0.000000139. The van der Waals surface area contributed by atoms with Crippen molar-refractivity contribution in [3.8, 4) is 0 Å². The number of rotatable bonds is 11. The number of benzene rings is 7. The number of aliphatic imine (C=N–C) groups is 3. The van der Waals surface area contributed by atoms with Gasteiger partial charge in [-0.3, -0.25) is 48.5 Å². The number of nitrogens with zero attached hydrogens (tertiary/aromatic N) is 3. The van der Waals surface area contributed by atoms with Crippen molar-refractivity contribution in [1.82, 2.24) is 5.32 Å². The molecule has 0 saturated heterocycles. The van der Waals surface area contributed by atoms with Crippen molar-refractivity contribution in [1.29, 1.82) is 0 Å².